The molecule has 0 aliphatic carbocycles. The van der Waals surface area contributed by atoms with Crippen LogP contribution >= 0.6 is 0 Å². The smallest absolute Gasteiger partial charge is 0.174 e. The number of benzene rings is 2. The molecule has 0 saturated carbocycles. The van der Waals surface area contributed by atoms with Gasteiger partial charge in [0.1, 0.15) is 23.0 Å². The number of hydrogen-bond donors (Lipinski definition) is 4. The van der Waals surface area contributed by atoms with E-state index in [4.69, 9.17) is 10.2 Å². The van der Waals surface area contributed by atoms with Crippen LogP contribution in [0.4, 0.5) is 0 Å². The lowest BCUT2D eigenvalue weighted by Gasteiger charge is -2.06. The van der Waals surface area contributed by atoms with Crippen molar-refractivity contribution < 1.29 is 30.0 Å². The third-order valence-corrected chi connectivity index (χ3v) is 2.88. The van der Waals surface area contributed by atoms with Crippen LogP contribution in [-0.2, 0) is 0 Å². The summed E-state index contributed by atoms with van der Waals surface area (Å²) in [4.78, 5) is 23.9. The number of Topliss-reactive ketones (excluding diaryl/α,β-unsaturated/α-hetero) is 2. The molecule has 0 saturated heterocycles. The van der Waals surface area contributed by atoms with E-state index < -0.39 is 29.5 Å². The van der Waals surface area contributed by atoms with Gasteiger partial charge in [0.05, 0.1) is 17.5 Å². The topological polar surface area (TPSA) is 115 Å². The Balaban J connectivity index is 2.21. The van der Waals surface area contributed by atoms with E-state index in [0.717, 1.165) is 12.1 Å². The molecular formula is C15H12O6. The van der Waals surface area contributed by atoms with Crippen LogP contribution in [0.3, 0.4) is 0 Å². The number of rotatable bonds is 4. The first-order valence-corrected chi connectivity index (χ1v) is 5.99. The summed E-state index contributed by atoms with van der Waals surface area (Å²) in [6.45, 7) is 0. The van der Waals surface area contributed by atoms with Crippen molar-refractivity contribution in [3.63, 3.8) is 0 Å². The summed E-state index contributed by atoms with van der Waals surface area (Å²) in [5.74, 6) is -2.56. The molecule has 0 bridgehead atoms. The highest BCUT2D eigenvalue weighted by Gasteiger charge is 2.19. The molecule has 0 atom stereocenters. The van der Waals surface area contributed by atoms with Gasteiger partial charge in [-0.25, -0.2) is 0 Å². The molecule has 0 amide bonds. The summed E-state index contributed by atoms with van der Waals surface area (Å²) < 4.78 is 0. The maximum Gasteiger partial charge on any atom is 0.174 e. The first kappa shape index (κ1) is 14.4. The van der Waals surface area contributed by atoms with Crippen molar-refractivity contribution in [3.8, 4) is 23.0 Å². The second-order valence-electron chi connectivity index (χ2n) is 4.43. The zero-order valence-corrected chi connectivity index (χ0v) is 10.8. The SMILES string of the molecule is O=C(CC(=O)c1ccc(O)cc1O)c1ccc(O)cc1O. The molecule has 21 heavy (non-hydrogen) atoms. The lowest BCUT2D eigenvalue weighted by molar-refractivity contribution is 0.0892. The molecule has 6 nitrogen and oxygen atoms in total. The minimum Gasteiger partial charge on any atom is -0.508 e. The predicted octanol–water partition coefficient (Wildman–Crippen LogP) is 1.96. The Kier molecular flexibility index (Phi) is 3.80. The van der Waals surface area contributed by atoms with E-state index in [1.165, 1.54) is 24.3 Å². The second kappa shape index (κ2) is 5.54. The quantitative estimate of drug-likeness (QED) is 0.505. The van der Waals surface area contributed by atoms with Crippen molar-refractivity contribution >= 4 is 11.6 Å². The van der Waals surface area contributed by atoms with E-state index in [1.54, 1.807) is 0 Å². The number of carbonyl (C=O) groups excluding carboxylic acids is 2. The van der Waals surface area contributed by atoms with Crippen LogP contribution in [0.1, 0.15) is 27.1 Å². The summed E-state index contributed by atoms with van der Waals surface area (Å²) in [6.07, 6.45) is -0.559. The lowest BCUT2D eigenvalue weighted by Crippen LogP contribution is -2.09. The molecule has 6 heteroatoms. The maximum atomic E-state index is 11.9. The Bertz CT molecular complexity index is 659. The van der Waals surface area contributed by atoms with Gasteiger partial charge in [0, 0.05) is 12.1 Å². The van der Waals surface area contributed by atoms with Gasteiger partial charge in [0.25, 0.3) is 0 Å². The molecule has 4 N–H and O–H groups in total. The summed E-state index contributed by atoms with van der Waals surface area (Å²) in [5, 5.41) is 37.4. The van der Waals surface area contributed by atoms with Crippen LogP contribution in [0.2, 0.25) is 0 Å². The lowest BCUT2D eigenvalue weighted by atomic mass is 10.00. The Morgan fingerprint density at radius 1 is 0.714 bits per heavy atom. The first-order chi connectivity index (χ1) is 9.88. The Labute approximate surface area is 119 Å². The van der Waals surface area contributed by atoms with Gasteiger partial charge in [-0.3, -0.25) is 9.59 Å². The van der Waals surface area contributed by atoms with E-state index >= 15 is 0 Å². The predicted molar refractivity (Wildman–Crippen MR) is 72.8 cm³/mol. The number of phenolic OH excluding ortho intramolecular Hbond substituents is 4. The molecular weight excluding hydrogens is 276 g/mol. The Morgan fingerprint density at radius 3 is 1.43 bits per heavy atom. The first-order valence-electron chi connectivity index (χ1n) is 5.99. The van der Waals surface area contributed by atoms with Gasteiger partial charge in [-0.05, 0) is 24.3 Å². The Morgan fingerprint density at radius 2 is 1.10 bits per heavy atom. The van der Waals surface area contributed by atoms with Gasteiger partial charge in [0.2, 0.25) is 0 Å². The van der Waals surface area contributed by atoms with E-state index in [1.807, 2.05) is 0 Å². The van der Waals surface area contributed by atoms with Crippen LogP contribution < -0.4 is 0 Å². The number of aromatic hydroxyl groups is 4. The molecule has 0 radical (unpaired) electrons. The second-order valence-corrected chi connectivity index (χ2v) is 4.43. The van der Waals surface area contributed by atoms with Gasteiger partial charge in [-0.15, -0.1) is 0 Å². The molecule has 0 fully saturated rings. The summed E-state index contributed by atoms with van der Waals surface area (Å²) in [7, 11) is 0. The molecule has 0 spiro atoms. The van der Waals surface area contributed by atoms with E-state index in [9.17, 15) is 19.8 Å². The minimum atomic E-state index is -0.648. The number of phenols is 4. The van der Waals surface area contributed by atoms with Crippen molar-refractivity contribution in [2.45, 2.75) is 6.42 Å². The largest absolute Gasteiger partial charge is 0.508 e. The van der Waals surface area contributed by atoms with Crippen molar-refractivity contribution in [2.24, 2.45) is 0 Å². The number of ketones is 2. The number of carbonyl (C=O) groups is 2. The van der Waals surface area contributed by atoms with Crippen molar-refractivity contribution in [1.29, 1.82) is 0 Å². The van der Waals surface area contributed by atoms with Gasteiger partial charge >= 0.3 is 0 Å². The molecule has 0 aromatic heterocycles. The fourth-order valence-electron chi connectivity index (χ4n) is 1.85. The van der Waals surface area contributed by atoms with Crippen molar-refractivity contribution in [2.75, 3.05) is 0 Å². The zero-order valence-electron chi connectivity index (χ0n) is 10.8. The van der Waals surface area contributed by atoms with Crippen LogP contribution in [0.5, 0.6) is 23.0 Å². The molecule has 108 valence electrons. The molecule has 0 aliphatic rings. The molecule has 0 aliphatic heterocycles. The summed E-state index contributed by atoms with van der Waals surface area (Å²) in [5.41, 5.74) is -0.196. The van der Waals surface area contributed by atoms with Crippen LogP contribution in [0, 0.1) is 0 Å². The van der Waals surface area contributed by atoms with Gasteiger partial charge < -0.3 is 20.4 Å². The number of hydrogen-bond acceptors (Lipinski definition) is 6. The summed E-state index contributed by atoms with van der Waals surface area (Å²) in [6, 6.07) is 6.84. The zero-order chi connectivity index (χ0) is 15.6. The maximum absolute atomic E-state index is 11.9. The van der Waals surface area contributed by atoms with E-state index in [2.05, 4.69) is 0 Å². The fourth-order valence-corrected chi connectivity index (χ4v) is 1.85. The molecule has 2 aromatic carbocycles. The van der Waals surface area contributed by atoms with Crippen LogP contribution in [-0.4, -0.2) is 32.0 Å². The highest BCUT2D eigenvalue weighted by Crippen LogP contribution is 2.26. The fraction of sp³-hybridized carbons (Fsp3) is 0.0667. The summed E-state index contributed by atoms with van der Waals surface area (Å²) >= 11 is 0. The standard InChI is InChI=1S/C15H12O6/c16-8-1-3-10(12(18)5-8)14(20)7-15(21)11-4-2-9(17)6-13(11)19/h1-6,16-19H,7H2. The monoisotopic (exact) mass is 288 g/mol. The Hall–Kier alpha value is -3.02. The van der Waals surface area contributed by atoms with Crippen molar-refractivity contribution in [3.05, 3.63) is 47.5 Å². The van der Waals surface area contributed by atoms with Gasteiger partial charge in [-0.2, -0.15) is 0 Å². The average molecular weight is 288 g/mol. The molecule has 0 unspecified atom stereocenters. The van der Waals surface area contributed by atoms with E-state index in [0.29, 0.717) is 0 Å². The third kappa shape index (κ3) is 3.11. The van der Waals surface area contributed by atoms with Crippen molar-refractivity contribution in [1.82, 2.24) is 0 Å². The molecule has 0 heterocycles. The normalized spacial score (nSPS) is 10.3. The average Bonchev–Trinajstić information content (AvgIpc) is 2.37. The molecule has 2 rings (SSSR count). The molecule has 2 aromatic rings. The highest BCUT2D eigenvalue weighted by molar-refractivity contribution is 6.15. The minimum absolute atomic E-state index is 0.0978. The van der Waals surface area contributed by atoms with Gasteiger partial charge in [0.15, 0.2) is 11.6 Å². The third-order valence-electron chi connectivity index (χ3n) is 2.88. The highest BCUT2D eigenvalue weighted by atomic mass is 16.3. The van der Waals surface area contributed by atoms with E-state index in [-0.39, 0.29) is 22.6 Å². The van der Waals surface area contributed by atoms with Crippen LogP contribution in [0.25, 0.3) is 0 Å². The van der Waals surface area contributed by atoms with Gasteiger partial charge in [-0.1, -0.05) is 0 Å². The van der Waals surface area contributed by atoms with Crippen LogP contribution in [0.15, 0.2) is 36.4 Å².